The van der Waals surface area contributed by atoms with Crippen LogP contribution in [0.4, 0.5) is 0 Å². The Bertz CT molecular complexity index is 933. The van der Waals surface area contributed by atoms with Crippen LogP contribution in [0.5, 0.6) is 0 Å². The molecule has 1 aromatic carbocycles. The summed E-state index contributed by atoms with van der Waals surface area (Å²) >= 11 is 0. The third-order valence-corrected chi connectivity index (χ3v) is 4.48. The number of imidazole rings is 1. The largest absolute Gasteiger partial charge is 0.350 e. The Labute approximate surface area is 157 Å². The molecule has 2 amide bonds. The van der Waals surface area contributed by atoms with Crippen LogP contribution in [0.1, 0.15) is 25.8 Å². The zero-order valence-corrected chi connectivity index (χ0v) is 15.5. The number of amides is 2. The van der Waals surface area contributed by atoms with Crippen LogP contribution in [0.15, 0.2) is 48.9 Å². The van der Waals surface area contributed by atoms with E-state index >= 15 is 0 Å². The number of nitrogens with zero attached hydrogens (tertiary/aromatic N) is 3. The third kappa shape index (κ3) is 4.49. The third-order valence-electron chi connectivity index (χ3n) is 4.48. The van der Waals surface area contributed by atoms with Crippen LogP contribution in [0.25, 0.3) is 16.9 Å². The van der Waals surface area contributed by atoms with E-state index < -0.39 is 0 Å². The van der Waals surface area contributed by atoms with E-state index in [0.29, 0.717) is 6.54 Å². The van der Waals surface area contributed by atoms with Crippen molar-refractivity contribution >= 4 is 22.8 Å². The predicted octanol–water partition coefficient (Wildman–Crippen LogP) is 2.20. The van der Waals surface area contributed by atoms with Gasteiger partial charge in [-0.3, -0.25) is 14.2 Å². The van der Waals surface area contributed by atoms with Crippen LogP contribution in [-0.4, -0.2) is 32.9 Å². The van der Waals surface area contributed by atoms with E-state index in [1.165, 1.54) is 0 Å². The normalized spacial score (nSPS) is 11.9. The van der Waals surface area contributed by atoms with Crippen molar-refractivity contribution in [2.75, 3.05) is 6.54 Å². The highest BCUT2D eigenvalue weighted by molar-refractivity contribution is 5.85. The van der Waals surface area contributed by atoms with Crippen molar-refractivity contribution in [3.05, 3.63) is 54.5 Å². The molecule has 0 saturated heterocycles. The molecule has 0 spiro atoms. The maximum Gasteiger partial charge on any atom is 0.239 e. The number of benzene rings is 1. The molecule has 0 fully saturated rings. The molecule has 0 aliphatic carbocycles. The molecule has 27 heavy (non-hydrogen) atoms. The minimum Gasteiger partial charge on any atom is -0.350 e. The Morgan fingerprint density at radius 2 is 1.93 bits per heavy atom. The lowest BCUT2D eigenvalue weighted by Gasteiger charge is -2.10. The Morgan fingerprint density at radius 3 is 2.67 bits per heavy atom. The van der Waals surface area contributed by atoms with E-state index in [9.17, 15) is 9.59 Å². The first-order chi connectivity index (χ1) is 13.1. The average Bonchev–Trinajstić information content (AvgIpc) is 3.14. The van der Waals surface area contributed by atoms with E-state index in [1.807, 2.05) is 54.8 Å². The fourth-order valence-electron chi connectivity index (χ4n) is 2.60. The number of hydrogen-bond donors (Lipinski definition) is 2. The molecular formula is C20H23N5O2. The first-order valence-electron chi connectivity index (χ1n) is 9.00. The summed E-state index contributed by atoms with van der Waals surface area (Å²) in [6.45, 7) is 4.11. The van der Waals surface area contributed by atoms with Crippen molar-refractivity contribution < 1.29 is 9.59 Å². The molecule has 0 bridgehead atoms. The van der Waals surface area contributed by atoms with Gasteiger partial charge in [-0.05, 0) is 30.2 Å². The molecule has 7 nitrogen and oxygen atoms in total. The lowest BCUT2D eigenvalue weighted by molar-refractivity contribution is -0.128. The van der Waals surface area contributed by atoms with E-state index in [1.54, 1.807) is 12.5 Å². The number of hydrogen-bond acceptors (Lipinski definition) is 4. The number of rotatable bonds is 7. The Morgan fingerprint density at radius 1 is 1.11 bits per heavy atom. The number of nitrogens with one attached hydrogen (secondary N) is 2. The number of para-hydroxylation sites is 2. The van der Waals surface area contributed by atoms with Crippen LogP contribution in [-0.2, 0) is 16.1 Å². The van der Waals surface area contributed by atoms with Crippen LogP contribution in [0, 0.1) is 5.92 Å². The molecule has 0 radical (unpaired) electrons. The minimum absolute atomic E-state index is 0.0181. The molecule has 1 unspecified atom stereocenters. The van der Waals surface area contributed by atoms with Gasteiger partial charge in [0, 0.05) is 18.7 Å². The zero-order valence-electron chi connectivity index (χ0n) is 15.5. The quantitative estimate of drug-likeness (QED) is 0.672. The number of carbonyl (C=O) groups excluding carboxylic acids is 2. The van der Waals surface area contributed by atoms with Gasteiger partial charge in [-0.15, -0.1) is 0 Å². The minimum atomic E-state index is -0.226. The van der Waals surface area contributed by atoms with Crippen molar-refractivity contribution in [2.45, 2.75) is 26.8 Å². The van der Waals surface area contributed by atoms with Gasteiger partial charge in [0.25, 0.3) is 0 Å². The van der Waals surface area contributed by atoms with E-state index in [2.05, 4.69) is 20.6 Å². The molecule has 0 aliphatic rings. The van der Waals surface area contributed by atoms with Gasteiger partial charge in [0.15, 0.2) is 0 Å². The van der Waals surface area contributed by atoms with Gasteiger partial charge in [0.05, 0.1) is 17.6 Å². The molecule has 3 aromatic rings. The standard InChI is InChI=1S/C20H23N5O2/c1-3-14(2)20(27)23-12-19(26)22-11-15-8-9-18(21-10-15)25-13-24-16-6-4-5-7-17(16)25/h4-10,13-14H,3,11-12H2,1-2H3,(H,22,26)(H,23,27). The summed E-state index contributed by atoms with van der Waals surface area (Å²) in [7, 11) is 0. The average molecular weight is 365 g/mol. The topological polar surface area (TPSA) is 88.9 Å². The van der Waals surface area contributed by atoms with Gasteiger partial charge in [0.2, 0.25) is 11.8 Å². The van der Waals surface area contributed by atoms with E-state index in [-0.39, 0.29) is 24.3 Å². The molecule has 2 heterocycles. The molecule has 0 saturated carbocycles. The second kappa shape index (κ2) is 8.44. The van der Waals surface area contributed by atoms with Crippen LogP contribution >= 0.6 is 0 Å². The molecular weight excluding hydrogens is 342 g/mol. The summed E-state index contributed by atoms with van der Waals surface area (Å²) in [6.07, 6.45) is 4.22. The van der Waals surface area contributed by atoms with Crippen molar-refractivity contribution in [3.63, 3.8) is 0 Å². The second-order valence-electron chi connectivity index (χ2n) is 6.43. The van der Waals surface area contributed by atoms with Crippen molar-refractivity contribution in [1.29, 1.82) is 0 Å². The van der Waals surface area contributed by atoms with Crippen LogP contribution in [0.2, 0.25) is 0 Å². The Balaban J connectivity index is 1.55. The summed E-state index contributed by atoms with van der Waals surface area (Å²) in [4.78, 5) is 32.4. The first kappa shape index (κ1) is 18.6. The molecule has 3 rings (SSSR count). The lowest BCUT2D eigenvalue weighted by atomic mass is 10.1. The van der Waals surface area contributed by atoms with Crippen molar-refractivity contribution in [2.24, 2.45) is 5.92 Å². The number of carbonyl (C=O) groups is 2. The van der Waals surface area contributed by atoms with Crippen molar-refractivity contribution in [1.82, 2.24) is 25.2 Å². The van der Waals surface area contributed by atoms with E-state index in [0.717, 1.165) is 28.8 Å². The summed E-state index contributed by atoms with van der Waals surface area (Å²) in [6, 6.07) is 11.7. The summed E-state index contributed by atoms with van der Waals surface area (Å²) in [5.74, 6) is 0.343. The lowest BCUT2D eigenvalue weighted by Crippen LogP contribution is -2.38. The van der Waals surface area contributed by atoms with Gasteiger partial charge >= 0.3 is 0 Å². The van der Waals surface area contributed by atoms with Gasteiger partial charge < -0.3 is 10.6 Å². The van der Waals surface area contributed by atoms with Gasteiger partial charge in [-0.25, -0.2) is 9.97 Å². The summed E-state index contributed by atoms with van der Waals surface area (Å²) in [5.41, 5.74) is 2.78. The Hall–Kier alpha value is -3.22. The molecule has 2 N–H and O–H groups in total. The maximum absolute atomic E-state index is 11.9. The summed E-state index contributed by atoms with van der Waals surface area (Å²) in [5, 5.41) is 5.42. The highest BCUT2D eigenvalue weighted by Crippen LogP contribution is 2.16. The maximum atomic E-state index is 11.9. The van der Waals surface area contributed by atoms with Crippen LogP contribution in [0.3, 0.4) is 0 Å². The zero-order chi connectivity index (χ0) is 19.2. The van der Waals surface area contributed by atoms with Gasteiger partial charge in [0.1, 0.15) is 12.1 Å². The number of aromatic nitrogens is 3. The van der Waals surface area contributed by atoms with Crippen molar-refractivity contribution in [3.8, 4) is 5.82 Å². The monoisotopic (exact) mass is 365 g/mol. The van der Waals surface area contributed by atoms with Gasteiger partial charge in [-0.2, -0.15) is 0 Å². The molecule has 1 atom stereocenters. The highest BCUT2D eigenvalue weighted by Gasteiger charge is 2.11. The fraction of sp³-hybridized carbons (Fsp3) is 0.300. The molecule has 2 aromatic heterocycles. The van der Waals surface area contributed by atoms with Crippen LogP contribution < -0.4 is 10.6 Å². The number of pyridine rings is 1. The highest BCUT2D eigenvalue weighted by atomic mass is 16.2. The molecule has 140 valence electrons. The molecule has 7 heteroatoms. The molecule has 0 aliphatic heterocycles. The first-order valence-corrected chi connectivity index (χ1v) is 9.00. The smallest absolute Gasteiger partial charge is 0.239 e. The van der Waals surface area contributed by atoms with E-state index in [4.69, 9.17) is 0 Å². The Kier molecular flexibility index (Phi) is 5.80. The second-order valence-corrected chi connectivity index (χ2v) is 6.43. The number of fused-ring (bicyclic) bond motifs is 1. The summed E-state index contributed by atoms with van der Waals surface area (Å²) < 4.78 is 1.92. The fourth-order valence-corrected chi connectivity index (χ4v) is 2.60. The predicted molar refractivity (Wildman–Crippen MR) is 103 cm³/mol. The SMILES string of the molecule is CCC(C)C(=O)NCC(=O)NCc1ccc(-n2cnc3ccccc32)nc1. The van der Waals surface area contributed by atoms with Gasteiger partial charge in [-0.1, -0.05) is 32.0 Å².